The maximum Gasteiger partial charge on any atom is 0.170 e. The second kappa shape index (κ2) is 3.53. The molecule has 1 saturated carbocycles. The van der Waals surface area contributed by atoms with Crippen LogP contribution in [0.1, 0.15) is 55.5 Å². The van der Waals surface area contributed by atoms with Gasteiger partial charge in [-0.1, -0.05) is 38.1 Å². The second-order valence-corrected chi connectivity index (χ2v) is 6.12. The number of hydrogen-bond acceptors (Lipinski definition) is 2. The zero-order valence-electron chi connectivity index (χ0n) is 11.0. The summed E-state index contributed by atoms with van der Waals surface area (Å²) >= 11 is 0. The summed E-state index contributed by atoms with van der Waals surface area (Å²) in [6, 6.07) is 7.93. The van der Waals surface area contributed by atoms with Crippen LogP contribution >= 0.6 is 0 Å². The summed E-state index contributed by atoms with van der Waals surface area (Å²) in [5.74, 6) is 0.566. The van der Waals surface area contributed by atoms with Gasteiger partial charge in [0, 0.05) is 29.2 Å². The Labute approximate surface area is 107 Å². The van der Waals surface area contributed by atoms with Gasteiger partial charge in [0.15, 0.2) is 5.78 Å². The van der Waals surface area contributed by atoms with Crippen molar-refractivity contribution < 1.29 is 9.59 Å². The zero-order chi connectivity index (χ0) is 13.0. The van der Waals surface area contributed by atoms with Crippen molar-refractivity contribution >= 4 is 11.6 Å². The van der Waals surface area contributed by atoms with Crippen molar-refractivity contribution in [2.75, 3.05) is 0 Å². The Morgan fingerprint density at radius 1 is 1.00 bits per heavy atom. The van der Waals surface area contributed by atoms with Crippen molar-refractivity contribution in [3.05, 3.63) is 35.4 Å². The number of rotatable bonds is 0. The third kappa shape index (κ3) is 1.23. The summed E-state index contributed by atoms with van der Waals surface area (Å²) in [4.78, 5) is 24.3. The Morgan fingerprint density at radius 2 is 1.61 bits per heavy atom. The molecule has 18 heavy (non-hydrogen) atoms. The molecule has 94 valence electrons. The molecule has 0 N–H and O–H groups in total. The highest BCUT2D eigenvalue weighted by atomic mass is 16.1. The average molecular weight is 242 g/mol. The molecule has 0 radical (unpaired) electrons. The molecule has 1 aromatic rings. The second-order valence-electron chi connectivity index (χ2n) is 6.12. The Bertz CT molecular complexity index is 530. The van der Waals surface area contributed by atoms with Crippen LogP contribution in [0.4, 0.5) is 0 Å². The van der Waals surface area contributed by atoms with Crippen molar-refractivity contribution in [1.82, 2.24) is 0 Å². The molecule has 0 amide bonds. The molecule has 0 aliphatic heterocycles. The summed E-state index contributed by atoms with van der Waals surface area (Å²) in [5, 5.41) is 0. The van der Waals surface area contributed by atoms with E-state index in [9.17, 15) is 9.59 Å². The van der Waals surface area contributed by atoms with E-state index in [4.69, 9.17) is 0 Å². The zero-order valence-corrected chi connectivity index (χ0v) is 11.0. The average Bonchev–Trinajstić information content (AvgIpc) is 2.53. The number of carbonyl (C=O) groups is 2. The molecule has 3 rings (SSSR count). The Kier molecular flexibility index (Phi) is 2.28. The third-order valence-electron chi connectivity index (χ3n) is 5.14. The molecule has 1 fully saturated rings. The third-order valence-corrected chi connectivity index (χ3v) is 5.14. The Morgan fingerprint density at radius 3 is 2.22 bits per heavy atom. The molecule has 0 saturated heterocycles. The van der Waals surface area contributed by atoms with Crippen LogP contribution in [0.2, 0.25) is 0 Å². The lowest BCUT2D eigenvalue weighted by molar-refractivity contribution is -0.122. The van der Waals surface area contributed by atoms with E-state index in [0.717, 1.165) is 11.1 Å². The van der Waals surface area contributed by atoms with Crippen LogP contribution in [0.15, 0.2) is 24.3 Å². The fourth-order valence-corrected chi connectivity index (χ4v) is 3.83. The van der Waals surface area contributed by atoms with Gasteiger partial charge in [0.05, 0.1) is 0 Å². The minimum absolute atomic E-state index is 0.151. The van der Waals surface area contributed by atoms with E-state index in [1.807, 2.05) is 18.2 Å². The topological polar surface area (TPSA) is 34.1 Å². The summed E-state index contributed by atoms with van der Waals surface area (Å²) in [7, 11) is 0. The monoisotopic (exact) mass is 242 g/mol. The minimum atomic E-state index is -0.343. The molecular weight excluding hydrogens is 224 g/mol. The van der Waals surface area contributed by atoms with Gasteiger partial charge in [-0.05, 0) is 18.4 Å². The number of hydrogen-bond donors (Lipinski definition) is 0. The van der Waals surface area contributed by atoms with Gasteiger partial charge in [-0.25, -0.2) is 0 Å². The first-order valence-electron chi connectivity index (χ1n) is 6.65. The van der Waals surface area contributed by atoms with Gasteiger partial charge in [0.25, 0.3) is 0 Å². The van der Waals surface area contributed by atoms with Crippen molar-refractivity contribution in [3.63, 3.8) is 0 Å². The van der Waals surface area contributed by atoms with Crippen molar-refractivity contribution in [2.24, 2.45) is 5.41 Å². The molecule has 1 aromatic carbocycles. The SMILES string of the molecule is CC1(C)c2ccccc2C(=O)C12CCC(=O)CC2. The molecule has 0 heterocycles. The van der Waals surface area contributed by atoms with Gasteiger partial charge in [-0.15, -0.1) is 0 Å². The summed E-state index contributed by atoms with van der Waals surface area (Å²) in [6.07, 6.45) is 2.55. The van der Waals surface area contributed by atoms with E-state index in [-0.39, 0.29) is 16.6 Å². The van der Waals surface area contributed by atoms with Crippen LogP contribution < -0.4 is 0 Å². The van der Waals surface area contributed by atoms with E-state index in [0.29, 0.717) is 31.5 Å². The molecule has 2 heteroatoms. The van der Waals surface area contributed by atoms with Crippen LogP contribution in [-0.2, 0) is 10.2 Å². The molecule has 0 unspecified atom stereocenters. The van der Waals surface area contributed by atoms with Crippen LogP contribution in [0.3, 0.4) is 0 Å². The highest BCUT2D eigenvalue weighted by molar-refractivity contribution is 6.07. The first-order valence-corrected chi connectivity index (χ1v) is 6.65. The largest absolute Gasteiger partial charge is 0.300 e. The summed E-state index contributed by atoms with van der Waals surface area (Å²) < 4.78 is 0. The summed E-state index contributed by atoms with van der Waals surface area (Å²) in [5.41, 5.74) is 1.53. The lowest BCUT2D eigenvalue weighted by atomic mass is 9.58. The predicted molar refractivity (Wildman–Crippen MR) is 69.7 cm³/mol. The lowest BCUT2D eigenvalue weighted by Crippen LogP contribution is -2.44. The van der Waals surface area contributed by atoms with Crippen LogP contribution in [0.5, 0.6) is 0 Å². The molecule has 2 nitrogen and oxygen atoms in total. The fourth-order valence-electron chi connectivity index (χ4n) is 3.83. The highest BCUT2D eigenvalue weighted by Gasteiger charge is 2.58. The van der Waals surface area contributed by atoms with Crippen LogP contribution in [0, 0.1) is 5.41 Å². The van der Waals surface area contributed by atoms with E-state index in [1.54, 1.807) is 0 Å². The standard InChI is InChI=1S/C16H18O2/c1-15(2)13-6-4-3-5-12(13)14(18)16(15)9-7-11(17)8-10-16/h3-6H,7-10H2,1-2H3. The van der Waals surface area contributed by atoms with Gasteiger partial charge in [-0.3, -0.25) is 9.59 Å². The molecule has 0 bridgehead atoms. The van der Waals surface area contributed by atoms with E-state index in [1.165, 1.54) is 0 Å². The van der Waals surface area contributed by atoms with Gasteiger partial charge < -0.3 is 0 Å². The quantitative estimate of drug-likeness (QED) is 0.699. The molecule has 2 aliphatic carbocycles. The molecular formula is C16H18O2. The minimum Gasteiger partial charge on any atom is -0.300 e. The van der Waals surface area contributed by atoms with Crippen molar-refractivity contribution in [1.29, 1.82) is 0 Å². The molecule has 2 aliphatic rings. The maximum absolute atomic E-state index is 12.8. The van der Waals surface area contributed by atoms with Crippen LogP contribution in [0.25, 0.3) is 0 Å². The Balaban J connectivity index is 2.14. The first-order chi connectivity index (χ1) is 8.49. The molecule has 1 spiro atoms. The van der Waals surface area contributed by atoms with Crippen molar-refractivity contribution in [2.45, 2.75) is 44.9 Å². The Hall–Kier alpha value is -1.44. The van der Waals surface area contributed by atoms with E-state index in [2.05, 4.69) is 19.9 Å². The van der Waals surface area contributed by atoms with Gasteiger partial charge in [-0.2, -0.15) is 0 Å². The fraction of sp³-hybridized carbons (Fsp3) is 0.500. The van der Waals surface area contributed by atoms with Crippen LogP contribution in [-0.4, -0.2) is 11.6 Å². The number of carbonyl (C=O) groups excluding carboxylic acids is 2. The first kappa shape index (κ1) is 11.6. The highest BCUT2D eigenvalue weighted by Crippen LogP contribution is 2.57. The van der Waals surface area contributed by atoms with Crippen molar-refractivity contribution in [3.8, 4) is 0 Å². The van der Waals surface area contributed by atoms with E-state index < -0.39 is 0 Å². The van der Waals surface area contributed by atoms with Gasteiger partial charge in [0.2, 0.25) is 0 Å². The summed E-state index contributed by atoms with van der Waals surface area (Å²) in [6.45, 7) is 4.32. The van der Waals surface area contributed by atoms with E-state index >= 15 is 0 Å². The number of fused-ring (bicyclic) bond motifs is 1. The van der Waals surface area contributed by atoms with Gasteiger partial charge in [0.1, 0.15) is 5.78 Å². The number of Topliss-reactive ketones (excluding diaryl/α,β-unsaturated/α-hetero) is 2. The van der Waals surface area contributed by atoms with Gasteiger partial charge >= 0.3 is 0 Å². The molecule has 0 atom stereocenters. The predicted octanol–water partition coefficient (Wildman–Crippen LogP) is 3.29. The lowest BCUT2D eigenvalue weighted by Gasteiger charge is -2.42. The normalized spacial score (nSPS) is 24.3. The molecule has 0 aromatic heterocycles. The number of ketones is 2. The number of benzene rings is 1. The smallest absolute Gasteiger partial charge is 0.170 e. The maximum atomic E-state index is 12.8.